The molecule has 2 amide bonds. The van der Waals surface area contributed by atoms with Crippen molar-refractivity contribution in [2.24, 2.45) is 0 Å². The Labute approximate surface area is 97.4 Å². The van der Waals surface area contributed by atoms with Gasteiger partial charge in [0, 0.05) is 12.0 Å². The van der Waals surface area contributed by atoms with E-state index in [-0.39, 0.29) is 12.8 Å². The van der Waals surface area contributed by atoms with Crippen molar-refractivity contribution in [1.29, 1.82) is 0 Å². The number of hydrogen-bond acceptors (Lipinski definition) is 3. The number of carboxylic acids is 1. The second kappa shape index (κ2) is 4.37. The van der Waals surface area contributed by atoms with Gasteiger partial charge in [0.15, 0.2) is 0 Å². The second-order valence-electron chi connectivity index (χ2n) is 3.89. The number of amides is 2. The van der Waals surface area contributed by atoms with Gasteiger partial charge in [-0.25, -0.2) is 0 Å². The predicted molar refractivity (Wildman–Crippen MR) is 58.5 cm³/mol. The topological polar surface area (TPSA) is 83.5 Å². The summed E-state index contributed by atoms with van der Waals surface area (Å²) in [7, 11) is 0. The van der Waals surface area contributed by atoms with Crippen LogP contribution in [0, 0.1) is 0 Å². The summed E-state index contributed by atoms with van der Waals surface area (Å²) in [4.78, 5) is 33.7. The van der Waals surface area contributed by atoms with E-state index in [2.05, 4.69) is 5.32 Å². The average molecular weight is 233 g/mol. The quantitative estimate of drug-likeness (QED) is 0.760. The highest BCUT2D eigenvalue weighted by Crippen LogP contribution is 2.28. The Hall–Kier alpha value is -2.17. The molecule has 1 aromatic carbocycles. The minimum atomic E-state index is -0.952. The molecular formula is C12H11NO4. The van der Waals surface area contributed by atoms with Crippen LogP contribution in [0.4, 0.5) is 0 Å². The standard InChI is InChI=1S/C12H11NO4/c14-10(15)6-5-9-7-3-1-2-4-8(7)11(16)13-12(9)17/h1-4,9H,5-6H2,(H,14,15)(H,13,16,17). The van der Waals surface area contributed by atoms with E-state index in [1.54, 1.807) is 24.3 Å². The number of carbonyl (C=O) groups is 3. The first-order chi connectivity index (χ1) is 8.09. The SMILES string of the molecule is O=C(O)CCC1C(=O)NC(=O)c2ccccc21. The highest BCUT2D eigenvalue weighted by Gasteiger charge is 2.31. The molecule has 0 bridgehead atoms. The Bertz CT molecular complexity index is 495. The first kappa shape index (κ1) is 11.3. The number of carbonyl (C=O) groups excluding carboxylic acids is 2. The van der Waals surface area contributed by atoms with E-state index >= 15 is 0 Å². The van der Waals surface area contributed by atoms with Crippen LogP contribution in [0.3, 0.4) is 0 Å². The number of fused-ring (bicyclic) bond motifs is 1. The molecule has 0 saturated heterocycles. The van der Waals surface area contributed by atoms with Crippen molar-refractivity contribution in [2.75, 3.05) is 0 Å². The number of nitrogens with one attached hydrogen (secondary N) is 1. The maximum Gasteiger partial charge on any atom is 0.303 e. The van der Waals surface area contributed by atoms with Crippen LogP contribution < -0.4 is 5.32 Å². The van der Waals surface area contributed by atoms with Gasteiger partial charge in [0.2, 0.25) is 5.91 Å². The summed E-state index contributed by atoms with van der Waals surface area (Å²) in [6.45, 7) is 0. The number of carboxylic acid groups (broad SMARTS) is 1. The molecular weight excluding hydrogens is 222 g/mol. The Kier molecular flexibility index (Phi) is 2.91. The van der Waals surface area contributed by atoms with E-state index < -0.39 is 23.7 Å². The van der Waals surface area contributed by atoms with Crippen LogP contribution >= 0.6 is 0 Å². The highest BCUT2D eigenvalue weighted by molar-refractivity contribution is 6.11. The van der Waals surface area contributed by atoms with Crippen molar-refractivity contribution in [3.8, 4) is 0 Å². The molecule has 5 heteroatoms. The molecule has 1 atom stereocenters. The molecule has 0 fully saturated rings. The van der Waals surface area contributed by atoms with Gasteiger partial charge in [-0.2, -0.15) is 0 Å². The fourth-order valence-corrected chi connectivity index (χ4v) is 1.97. The number of imide groups is 1. The lowest BCUT2D eigenvalue weighted by molar-refractivity contribution is -0.137. The van der Waals surface area contributed by atoms with Crippen LogP contribution in [-0.4, -0.2) is 22.9 Å². The summed E-state index contributed by atoms with van der Waals surface area (Å²) in [5.41, 5.74) is 1.06. The van der Waals surface area contributed by atoms with Gasteiger partial charge < -0.3 is 5.11 Å². The number of hydrogen-bond donors (Lipinski definition) is 2. The van der Waals surface area contributed by atoms with Crippen molar-refractivity contribution >= 4 is 17.8 Å². The molecule has 0 aromatic heterocycles. The Morgan fingerprint density at radius 1 is 1.29 bits per heavy atom. The summed E-state index contributed by atoms with van der Waals surface area (Å²) < 4.78 is 0. The smallest absolute Gasteiger partial charge is 0.303 e. The molecule has 2 rings (SSSR count). The zero-order valence-electron chi connectivity index (χ0n) is 8.97. The number of benzene rings is 1. The second-order valence-corrected chi connectivity index (χ2v) is 3.89. The lowest BCUT2D eigenvalue weighted by atomic mass is 9.86. The van der Waals surface area contributed by atoms with E-state index in [0.29, 0.717) is 11.1 Å². The molecule has 2 N–H and O–H groups in total. The maximum atomic E-state index is 11.7. The normalized spacial score (nSPS) is 18.5. The number of aliphatic carboxylic acids is 1. The summed E-state index contributed by atoms with van der Waals surface area (Å²) >= 11 is 0. The largest absolute Gasteiger partial charge is 0.481 e. The molecule has 0 saturated carbocycles. The van der Waals surface area contributed by atoms with Crippen molar-refractivity contribution < 1.29 is 19.5 Å². The predicted octanol–water partition coefficient (Wildman–Crippen LogP) is 0.905. The molecule has 1 aliphatic heterocycles. The highest BCUT2D eigenvalue weighted by atomic mass is 16.4. The van der Waals surface area contributed by atoms with Crippen molar-refractivity contribution in [3.63, 3.8) is 0 Å². The van der Waals surface area contributed by atoms with Gasteiger partial charge in [0.1, 0.15) is 0 Å². The molecule has 0 spiro atoms. The van der Waals surface area contributed by atoms with E-state index in [1.165, 1.54) is 0 Å². The molecule has 1 unspecified atom stereocenters. The molecule has 0 radical (unpaired) electrons. The Balaban J connectivity index is 2.32. The molecule has 1 heterocycles. The van der Waals surface area contributed by atoms with Gasteiger partial charge in [0.05, 0.1) is 5.92 Å². The molecule has 1 aromatic rings. The van der Waals surface area contributed by atoms with Gasteiger partial charge >= 0.3 is 5.97 Å². The Morgan fingerprint density at radius 3 is 2.71 bits per heavy atom. The molecule has 17 heavy (non-hydrogen) atoms. The molecule has 5 nitrogen and oxygen atoms in total. The molecule has 0 aliphatic carbocycles. The maximum absolute atomic E-state index is 11.7. The van der Waals surface area contributed by atoms with Crippen LogP contribution in [0.5, 0.6) is 0 Å². The summed E-state index contributed by atoms with van der Waals surface area (Å²) in [5, 5.41) is 10.9. The van der Waals surface area contributed by atoms with Crippen LogP contribution in [0.25, 0.3) is 0 Å². The van der Waals surface area contributed by atoms with Gasteiger partial charge in [-0.05, 0) is 18.1 Å². The fourth-order valence-electron chi connectivity index (χ4n) is 1.97. The monoisotopic (exact) mass is 233 g/mol. The average Bonchev–Trinajstić information content (AvgIpc) is 2.28. The van der Waals surface area contributed by atoms with E-state index in [4.69, 9.17) is 5.11 Å². The number of rotatable bonds is 3. The van der Waals surface area contributed by atoms with Crippen molar-refractivity contribution in [3.05, 3.63) is 35.4 Å². The van der Waals surface area contributed by atoms with Gasteiger partial charge in [-0.1, -0.05) is 18.2 Å². The van der Waals surface area contributed by atoms with Gasteiger partial charge in [-0.3, -0.25) is 19.7 Å². The first-order valence-corrected chi connectivity index (χ1v) is 5.25. The minimum absolute atomic E-state index is 0.0966. The third-order valence-electron chi connectivity index (χ3n) is 2.78. The van der Waals surface area contributed by atoms with Gasteiger partial charge in [0.25, 0.3) is 5.91 Å². The third-order valence-corrected chi connectivity index (χ3v) is 2.78. The van der Waals surface area contributed by atoms with Crippen LogP contribution in [-0.2, 0) is 9.59 Å². The summed E-state index contributed by atoms with van der Waals surface area (Å²) in [6, 6.07) is 6.77. The molecule has 1 aliphatic rings. The van der Waals surface area contributed by atoms with Crippen LogP contribution in [0.15, 0.2) is 24.3 Å². The zero-order chi connectivity index (χ0) is 12.4. The molecule has 88 valence electrons. The van der Waals surface area contributed by atoms with Crippen LogP contribution in [0.2, 0.25) is 0 Å². The van der Waals surface area contributed by atoms with Gasteiger partial charge in [-0.15, -0.1) is 0 Å². The zero-order valence-corrected chi connectivity index (χ0v) is 8.97. The lowest BCUT2D eigenvalue weighted by Crippen LogP contribution is -2.40. The fraction of sp³-hybridized carbons (Fsp3) is 0.250. The third kappa shape index (κ3) is 2.18. The summed E-state index contributed by atoms with van der Waals surface area (Å²) in [6.07, 6.45) is 0.103. The lowest BCUT2D eigenvalue weighted by Gasteiger charge is -2.23. The van der Waals surface area contributed by atoms with Crippen molar-refractivity contribution in [1.82, 2.24) is 5.32 Å². The van der Waals surface area contributed by atoms with E-state index in [9.17, 15) is 14.4 Å². The van der Waals surface area contributed by atoms with Crippen molar-refractivity contribution in [2.45, 2.75) is 18.8 Å². The Morgan fingerprint density at radius 2 is 2.00 bits per heavy atom. The first-order valence-electron chi connectivity index (χ1n) is 5.25. The van der Waals surface area contributed by atoms with Crippen LogP contribution in [0.1, 0.15) is 34.7 Å². The van der Waals surface area contributed by atoms with E-state index in [0.717, 1.165) is 0 Å². The minimum Gasteiger partial charge on any atom is -0.481 e. The van der Waals surface area contributed by atoms with E-state index in [1.807, 2.05) is 0 Å². The summed E-state index contributed by atoms with van der Waals surface area (Å²) in [5.74, 6) is -2.35.